The number of rotatable bonds is 2. The van der Waals surface area contributed by atoms with E-state index in [0.29, 0.717) is 5.56 Å². The Morgan fingerprint density at radius 2 is 1.62 bits per heavy atom. The van der Waals surface area contributed by atoms with Gasteiger partial charge in [-0.1, -0.05) is 24.3 Å². The van der Waals surface area contributed by atoms with E-state index >= 15 is 0 Å². The van der Waals surface area contributed by atoms with Crippen LogP contribution in [0.3, 0.4) is 0 Å². The molecule has 0 saturated carbocycles. The molecule has 4 aromatic rings. The van der Waals surface area contributed by atoms with E-state index in [9.17, 15) is 9.50 Å². The molecule has 0 amide bonds. The molecule has 3 nitrogen and oxygen atoms in total. The van der Waals surface area contributed by atoms with Gasteiger partial charge in [0.15, 0.2) is 0 Å². The Hall–Kier alpha value is -3.66. The Balaban J connectivity index is 1.80. The first-order valence-corrected chi connectivity index (χ1v) is 9.57. The highest BCUT2D eigenvalue weighted by Crippen LogP contribution is 2.41. The van der Waals surface area contributed by atoms with Crippen LogP contribution in [-0.2, 0) is 12.8 Å². The van der Waals surface area contributed by atoms with Crippen LogP contribution in [0.4, 0.5) is 10.1 Å². The van der Waals surface area contributed by atoms with Gasteiger partial charge in [0.25, 0.3) is 0 Å². The molecule has 0 bridgehead atoms. The largest absolute Gasteiger partial charge is 0.508 e. The first-order chi connectivity index (χ1) is 14.1. The van der Waals surface area contributed by atoms with Gasteiger partial charge in [-0.2, -0.15) is 0 Å². The maximum absolute atomic E-state index is 14.7. The van der Waals surface area contributed by atoms with Gasteiger partial charge in [0.2, 0.25) is 0 Å². The standard InChI is InChI=1S/C25H19FN2O/c26-23-4-2-1-3-20(23)22-14-24(15-5-9-18(29)10-6-15)28-25-19-12-8-17(27)13-16(19)7-11-21(22)25/h1-6,8-10,12-14,29H,7,11,27H2. The highest BCUT2D eigenvalue weighted by Gasteiger charge is 2.23. The van der Waals surface area contributed by atoms with E-state index in [2.05, 4.69) is 0 Å². The Kier molecular flexibility index (Phi) is 4.06. The summed E-state index contributed by atoms with van der Waals surface area (Å²) < 4.78 is 14.7. The van der Waals surface area contributed by atoms with Crippen molar-refractivity contribution in [3.8, 4) is 39.4 Å². The van der Waals surface area contributed by atoms with Gasteiger partial charge in [0.1, 0.15) is 11.6 Å². The highest BCUT2D eigenvalue weighted by molar-refractivity contribution is 5.84. The molecule has 1 aliphatic rings. The number of benzene rings is 3. The second kappa shape index (κ2) is 6.74. The van der Waals surface area contributed by atoms with E-state index < -0.39 is 0 Å². The van der Waals surface area contributed by atoms with Gasteiger partial charge in [0.05, 0.1) is 11.4 Å². The first-order valence-electron chi connectivity index (χ1n) is 9.57. The van der Waals surface area contributed by atoms with Gasteiger partial charge in [0, 0.05) is 22.4 Å². The highest BCUT2D eigenvalue weighted by atomic mass is 19.1. The second-order valence-corrected chi connectivity index (χ2v) is 7.33. The van der Waals surface area contributed by atoms with Crippen LogP contribution in [0.25, 0.3) is 33.6 Å². The number of hydrogen-bond acceptors (Lipinski definition) is 3. The molecule has 0 unspecified atom stereocenters. The van der Waals surface area contributed by atoms with Crippen LogP contribution in [-0.4, -0.2) is 10.1 Å². The maximum Gasteiger partial charge on any atom is 0.131 e. The smallest absolute Gasteiger partial charge is 0.131 e. The summed E-state index contributed by atoms with van der Waals surface area (Å²) in [6.45, 7) is 0. The number of phenolic OH excluding ortho intramolecular Hbond substituents is 1. The molecule has 1 aromatic heterocycles. The van der Waals surface area contributed by atoms with Gasteiger partial charge in [-0.3, -0.25) is 0 Å². The zero-order chi connectivity index (χ0) is 20.0. The van der Waals surface area contributed by atoms with E-state index in [1.54, 1.807) is 18.2 Å². The molecular formula is C25H19FN2O. The van der Waals surface area contributed by atoms with Crippen LogP contribution in [0.5, 0.6) is 5.75 Å². The molecule has 1 heterocycles. The van der Waals surface area contributed by atoms with Crippen LogP contribution < -0.4 is 5.73 Å². The number of nitrogen functional groups attached to an aromatic ring is 1. The summed E-state index contributed by atoms with van der Waals surface area (Å²) in [5.41, 5.74) is 13.9. The minimum Gasteiger partial charge on any atom is -0.508 e. The Bertz CT molecular complexity index is 1230. The summed E-state index contributed by atoms with van der Waals surface area (Å²) in [5.74, 6) is -0.0532. The van der Waals surface area contributed by atoms with Gasteiger partial charge < -0.3 is 10.8 Å². The van der Waals surface area contributed by atoms with Crippen molar-refractivity contribution in [3.05, 3.63) is 89.7 Å². The van der Waals surface area contributed by atoms with E-state index in [0.717, 1.165) is 57.7 Å². The lowest BCUT2D eigenvalue weighted by atomic mass is 9.84. The minimum absolute atomic E-state index is 0.196. The fourth-order valence-electron chi connectivity index (χ4n) is 4.06. The predicted molar refractivity (Wildman–Crippen MR) is 114 cm³/mol. The number of nitrogens with zero attached hydrogens (tertiary/aromatic N) is 1. The molecule has 4 heteroatoms. The molecule has 142 valence electrons. The van der Waals surface area contributed by atoms with Crippen molar-refractivity contribution in [2.75, 3.05) is 5.73 Å². The molecule has 0 spiro atoms. The number of fused-ring (bicyclic) bond motifs is 3. The summed E-state index contributed by atoms with van der Waals surface area (Å²) in [7, 11) is 0. The number of nitrogens with two attached hydrogens (primary N) is 1. The van der Waals surface area contributed by atoms with Crippen LogP contribution in [0.1, 0.15) is 11.1 Å². The number of aryl methyl sites for hydroxylation is 1. The van der Waals surface area contributed by atoms with E-state index in [1.807, 2.05) is 48.5 Å². The average Bonchev–Trinajstić information content (AvgIpc) is 2.73. The van der Waals surface area contributed by atoms with Crippen molar-refractivity contribution < 1.29 is 9.50 Å². The van der Waals surface area contributed by atoms with Crippen molar-refractivity contribution >= 4 is 5.69 Å². The van der Waals surface area contributed by atoms with Gasteiger partial charge in [-0.05, 0) is 78.1 Å². The van der Waals surface area contributed by atoms with Gasteiger partial charge >= 0.3 is 0 Å². The molecule has 0 saturated heterocycles. The van der Waals surface area contributed by atoms with Crippen molar-refractivity contribution in [2.45, 2.75) is 12.8 Å². The summed E-state index contributed by atoms with van der Waals surface area (Å²) in [6, 6.07) is 21.6. The molecule has 0 atom stereocenters. The van der Waals surface area contributed by atoms with Crippen molar-refractivity contribution in [1.82, 2.24) is 4.98 Å². The second-order valence-electron chi connectivity index (χ2n) is 7.33. The fraction of sp³-hybridized carbons (Fsp3) is 0.0800. The van der Waals surface area contributed by atoms with E-state index in [-0.39, 0.29) is 11.6 Å². The number of halogens is 1. The lowest BCUT2D eigenvalue weighted by Crippen LogP contribution is -2.09. The summed E-state index contributed by atoms with van der Waals surface area (Å²) in [5, 5.41) is 9.64. The summed E-state index contributed by atoms with van der Waals surface area (Å²) in [6.07, 6.45) is 1.62. The molecule has 0 fully saturated rings. The van der Waals surface area contributed by atoms with Crippen molar-refractivity contribution in [3.63, 3.8) is 0 Å². The van der Waals surface area contributed by atoms with Crippen LogP contribution >= 0.6 is 0 Å². The summed E-state index contributed by atoms with van der Waals surface area (Å²) >= 11 is 0. The Labute approximate surface area is 168 Å². The SMILES string of the molecule is Nc1ccc2c(c1)CCc1c(-c3ccccc3F)cc(-c3ccc(O)cc3)nc1-2. The van der Waals surface area contributed by atoms with E-state index in [1.165, 1.54) is 6.07 Å². The third-order valence-electron chi connectivity index (χ3n) is 5.48. The summed E-state index contributed by atoms with van der Waals surface area (Å²) in [4.78, 5) is 4.96. The lowest BCUT2D eigenvalue weighted by Gasteiger charge is -2.23. The molecular weight excluding hydrogens is 363 g/mol. The molecule has 3 aromatic carbocycles. The number of phenols is 1. The molecule has 0 aliphatic heterocycles. The third kappa shape index (κ3) is 3.03. The lowest BCUT2D eigenvalue weighted by molar-refractivity contribution is 0.475. The molecule has 3 N–H and O–H groups in total. The van der Waals surface area contributed by atoms with Crippen molar-refractivity contribution in [1.29, 1.82) is 0 Å². The number of aromatic hydroxyl groups is 1. The quantitative estimate of drug-likeness (QED) is 0.443. The first kappa shape index (κ1) is 17.4. The minimum atomic E-state index is -0.249. The van der Waals surface area contributed by atoms with Gasteiger partial charge in [-0.15, -0.1) is 0 Å². The third-order valence-corrected chi connectivity index (χ3v) is 5.48. The Morgan fingerprint density at radius 1 is 0.828 bits per heavy atom. The molecule has 5 rings (SSSR count). The average molecular weight is 382 g/mol. The predicted octanol–water partition coefficient (Wildman–Crippen LogP) is 5.61. The zero-order valence-corrected chi connectivity index (χ0v) is 15.7. The Morgan fingerprint density at radius 3 is 2.41 bits per heavy atom. The topological polar surface area (TPSA) is 59.1 Å². The maximum atomic E-state index is 14.7. The van der Waals surface area contributed by atoms with Gasteiger partial charge in [-0.25, -0.2) is 9.37 Å². The fourth-order valence-corrected chi connectivity index (χ4v) is 4.06. The monoisotopic (exact) mass is 382 g/mol. The van der Waals surface area contributed by atoms with Crippen LogP contribution in [0.2, 0.25) is 0 Å². The van der Waals surface area contributed by atoms with Crippen LogP contribution in [0.15, 0.2) is 72.8 Å². The zero-order valence-electron chi connectivity index (χ0n) is 15.7. The van der Waals surface area contributed by atoms with Crippen LogP contribution in [0, 0.1) is 5.82 Å². The number of hydrogen-bond donors (Lipinski definition) is 2. The molecule has 1 aliphatic carbocycles. The number of anilines is 1. The molecule has 0 radical (unpaired) electrons. The molecule has 29 heavy (non-hydrogen) atoms. The number of aromatic nitrogens is 1. The van der Waals surface area contributed by atoms with E-state index in [4.69, 9.17) is 10.7 Å². The normalized spacial score (nSPS) is 12.3. The van der Waals surface area contributed by atoms with Crippen molar-refractivity contribution in [2.24, 2.45) is 0 Å². The number of pyridine rings is 1.